The first-order valence-corrected chi connectivity index (χ1v) is 9.60. The van der Waals surface area contributed by atoms with Crippen LogP contribution in [0.4, 0.5) is 4.39 Å². The molecule has 148 valence electrons. The highest BCUT2D eigenvalue weighted by Gasteiger charge is 2.13. The maximum atomic E-state index is 13.2. The lowest BCUT2D eigenvalue weighted by atomic mass is 10.1. The van der Waals surface area contributed by atoms with Crippen LogP contribution in [0.25, 0.3) is 0 Å². The first kappa shape index (κ1) is 21.8. The number of ether oxygens (including phenoxy) is 2. The molecule has 0 amide bonds. The minimum Gasteiger partial charge on any atom is -0.490 e. The molecule has 0 saturated heterocycles. The molecule has 2 rings (SSSR count). The summed E-state index contributed by atoms with van der Waals surface area (Å²) >= 11 is 12.4. The number of hydrogen-bond donors (Lipinski definition) is 2. The van der Waals surface area contributed by atoms with Gasteiger partial charge in [0.25, 0.3) is 0 Å². The fourth-order valence-electron chi connectivity index (χ4n) is 2.48. The van der Waals surface area contributed by atoms with Crippen molar-refractivity contribution in [3.63, 3.8) is 0 Å². The summed E-state index contributed by atoms with van der Waals surface area (Å²) in [4.78, 5) is 0. The molecule has 0 aromatic heterocycles. The molecule has 0 aliphatic carbocycles. The Bertz CT molecular complexity index is 754. The second-order valence-corrected chi connectivity index (χ2v) is 6.83. The zero-order valence-electron chi connectivity index (χ0n) is 15.4. The third-order valence-electron chi connectivity index (χ3n) is 4.11. The molecule has 1 atom stereocenters. The first-order valence-electron chi connectivity index (χ1n) is 8.84. The molecule has 2 N–H and O–H groups in total. The number of rotatable bonds is 10. The Morgan fingerprint density at radius 1 is 1.04 bits per heavy atom. The van der Waals surface area contributed by atoms with Gasteiger partial charge in [0.1, 0.15) is 12.4 Å². The summed E-state index contributed by atoms with van der Waals surface area (Å²) in [6.45, 7) is 5.07. The van der Waals surface area contributed by atoms with Gasteiger partial charge in [-0.25, -0.2) is 4.39 Å². The van der Waals surface area contributed by atoms with E-state index in [-0.39, 0.29) is 19.3 Å². The molecule has 4 nitrogen and oxygen atoms in total. The van der Waals surface area contributed by atoms with Crippen LogP contribution in [0, 0.1) is 5.82 Å². The third-order valence-corrected chi connectivity index (χ3v) is 4.81. The van der Waals surface area contributed by atoms with E-state index in [0.717, 1.165) is 12.0 Å². The van der Waals surface area contributed by atoms with Gasteiger partial charge in [-0.3, -0.25) is 0 Å². The SMILES string of the molecule is CCOc1cc(CNC(CC)CO)c(Cl)cc1OCc1ccc(F)cc1Cl. The summed E-state index contributed by atoms with van der Waals surface area (Å²) < 4.78 is 24.7. The van der Waals surface area contributed by atoms with Crippen LogP contribution in [0.2, 0.25) is 10.0 Å². The molecule has 0 aliphatic heterocycles. The maximum absolute atomic E-state index is 13.2. The first-order chi connectivity index (χ1) is 13.0. The van der Waals surface area contributed by atoms with E-state index < -0.39 is 5.82 Å². The van der Waals surface area contributed by atoms with Crippen molar-refractivity contribution in [1.82, 2.24) is 5.32 Å². The second-order valence-electron chi connectivity index (χ2n) is 6.02. The zero-order valence-corrected chi connectivity index (χ0v) is 16.9. The average Bonchev–Trinajstić information content (AvgIpc) is 2.64. The summed E-state index contributed by atoms with van der Waals surface area (Å²) in [5.41, 5.74) is 1.51. The van der Waals surface area contributed by atoms with Crippen molar-refractivity contribution in [2.75, 3.05) is 13.2 Å². The van der Waals surface area contributed by atoms with Gasteiger partial charge < -0.3 is 19.9 Å². The topological polar surface area (TPSA) is 50.7 Å². The molecule has 2 aromatic rings. The van der Waals surface area contributed by atoms with Gasteiger partial charge in [-0.2, -0.15) is 0 Å². The predicted octanol–water partition coefficient (Wildman–Crippen LogP) is 4.97. The van der Waals surface area contributed by atoms with E-state index in [9.17, 15) is 9.50 Å². The summed E-state index contributed by atoms with van der Waals surface area (Å²) in [5, 5.41) is 13.4. The van der Waals surface area contributed by atoms with E-state index in [4.69, 9.17) is 32.7 Å². The van der Waals surface area contributed by atoms with Crippen molar-refractivity contribution in [2.45, 2.75) is 39.5 Å². The van der Waals surface area contributed by atoms with Crippen molar-refractivity contribution < 1.29 is 19.0 Å². The van der Waals surface area contributed by atoms with Gasteiger partial charge in [0.2, 0.25) is 0 Å². The van der Waals surface area contributed by atoms with Crippen molar-refractivity contribution in [3.05, 3.63) is 57.3 Å². The molecular formula is C20H24Cl2FNO3. The molecular weight excluding hydrogens is 392 g/mol. The summed E-state index contributed by atoms with van der Waals surface area (Å²) in [5.74, 6) is 0.654. The van der Waals surface area contributed by atoms with Crippen molar-refractivity contribution in [2.24, 2.45) is 0 Å². The normalized spacial score (nSPS) is 12.1. The van der Waals surface area contributed by atoms with Crippen LogP contribution in [-0.4, -0.2) is 24.4 Å². The van der Waals surface area contributed by atoms with Crippen LogP contribution in [0.15, 0.2) is 30.3 Å². The number of hydrogen-bond acceptors (Lipinski definition) is 4. The zero-order chi connectivity index (χ0) is 19.8. The van der Waals surface area contributed by atoms with E-state index in [1.165, 1.54) is 12.1 Å². The third kappa shape index (κ3) is 6.25. The minimum atomic E-state index is -0.396. The van der Waals surface area contributed by atoms with Crippen molar-refractivity contribution >= 4 is 23.2 Å². The Morgan fingerprint density at radius 3 is 2.37 bits per heavy atom. The lowest BCUT2D eigenvalue weighted by Crippen LogP contribution is -2.31. The number of benzene rings is 2. The van der Waals surface area contributed by atoms with Gasteiger partial charge in [-0.05, 0) is 37.1 Å². The maximum Gasteiger partial charge on any atom is 0.163 e. The van der Waals surface area contributed by atoms with Gasteiger partial charge in [0.05, 0.1) is 18.2 Å². The second kappa shape index (κ2) is 10.7. The average molecular weight is 416 g/mol. The van der Waals surface area contributed by atoms with Crippen LogP contribution < -0.4 is 14.8 Å². The molecule has 0 bridgehead atoms. The molecule has 2 aromatic carbocycles. The Morgan fingerprint density at radius 2 is 1.74 bits per heavy atom. The molecule has 0 aliphatic rings. The van der Waals surface area contributed by atoms with Crippen LogP contribution >= 0.6 is 23.2 Å². The lowest BCUT2D eigenvalue weighted by molar-refractivity contribution is 0.238. The molecule has 27 heavy (non-hydrogen) atoms. The molecule has 0 heterocycles. The van der Waals surface area contributed by atoms with E-state index in [0.29, 0.717) is 40.3 Å². The Kier molecular flexibility index (Phi) is 8.64. The van der Waals surface area contributed by atoms with Gasteiger partial charge >= 0.3 is 0 Å². The fourth-order valence-corrected chi connectivity index (χ4v) is 2.92. The highest BCUT2D eigenvalue weighted by molar-refractivity contribution is 6.31. The minimum absolute atomic E-state index is 0.00755. The van der Waals surface area contributed by atoms with E-state index in [1.54, 1.807) is 12.1 Å². The Balaban J connectivity index is 2.16. The number of nitrogens with one attached hydrogen (secondary N) is 1. The summed E-state index contributed by atoms with van der Waals surface area (Å²) in [7, 11) is 0. The molecule has 0 saturated carbocycles. The lowest BCUT2D eigenvalue weighted by Gasteiger charge is -2.18. The van der Waals surface area contributed by atoms with Crippen molar-refractivity contribution in [1.29, 1.82) is 0 Å². The quantitative estimate of drug-likeness (QED) is 0.574. The standard InChI is InChI=1S/C20H24Cl2FNO3/c1-3-16(11-25)24-10-14-7-19(26-4-2)20(9-18(14)22)27-12-13-5-6-15(23)8-17(13)21/h5-9,16,24-25H,3-4,10-12H2,1-2H3. The van der Waals surface area contributed by atoms with Crippen LogP contribution in [0.3, 0.4) is 0 Å². The van der Waals surface area contributed by atoms with Crippen molar-refractivity contribution in [3.8, 4) is 11.5 Å². The van der Waals surface area contributed by atoms with E-state index in [1.807, 2.05) is 19.9 Å². The summed E-state index contributed by atoms with van der Waals surface area (Å²) in [6.07, 6.45) is 0.812. The van der Waals surface area contributed by atoms with Gasteiger partial charge in [-0.1, -0.05) is 36.2 Å². The van der Waals surface area contributed by atoms with Gasteiger partial charge in [0, 0.05) is 29.2 Å². The summed E-state index contributed by atoms with van der Waals surface area (Å²) in [6, 6.07) is 7.69. The van der Waals surface area contributed by atoms with E-state index >= 15 is 0 Å². The molecule has 0 spiro atoms. The molecule has 0 radical (unpaired) electrons. The Labute approximate surface area is 169 Å². The number of aliphatic hydroxyl groups is 1. The number of aliphatic hydroxyl groups excluding tert-OH is 1. The predicted molar refractivity (Wildman–Crippen MR) is 106 cm³/mol. The van der Waals surface area contributed by atoms with Gasteiger partial charge in [-0.15, -0.1) is 0 Å². The van der Waals surface area contributed by atoms with Crippen LogP contribution in [-0.2, 0) is 13.2 Å². The molecule has 7 heteroatoms. The number of halogens is 3. The van der Waals surface area contributed by atoms with Gasteiger partial charge in [0.15, 0.2) is 11.5 Å². The van der Waals surface area contributed by atoms with E-state index in [2.05, 4.69) is 5.32 Å². The monoisotopic (exact) mass is 415 g/mol. The highest BCUT2D eigenvalue weighted by atomic mass is 35.5. The Hall–Kier alpha value is -1.53. The van der Waals surface area contributed by atoms with Crippen LogP contribution in [0.5, 0.6) is 11.5 Å². The largest absolute Gasteiger partial charge is 0.490 e. The van der Waals surface area contributed by atoms with Crippen LogP contribution in [0.1, 0.15) is 31.4 Å². The fraction of sp³-hybridized carbons (Fsp3) is 0.400. The molecule has 1 unspecified atom stereocenters. The highest BCUT2D eigenvalue weighted by Crippen LogP contribution is 2.34. The smallest absolute Gasteiger partial charge is 0.163 e. The molecule has 0 fully saturated rings.